The van der Waals surface area contributed by atoms with Crippen molar-refractivity contribution in [3.05, 3.63) is 122 Å². The fourth-order valence-electron chi connectivity index (χ4n) is 7.92. The molecule has 0 aromatic heterocycles. The van der Waals surface area contributed by atoms with Gasteiger partial charge in [0, 0.05) is 19.4 Å². The Balaban J connectivity index is 3.95. The number of phosphoric ester groups is 1. The highest BCUT2D eigenvalue weighted by atomic mass is 31.2. The lowest BCUT2D eigenvalue weighted by atomic mass is 10.0. The van der Waals surface area contributed by atoms with E-state index in [4.69, 9.17) is 24.3 Å². The fourth-order valence-corrected chi connectivity index (χ4v) is 8.68. The number of hydrogen-bond acceptors (Lipinski definition) is 8. The first-order valence-corrected chi connectivity index (χ1v) is 31.5. The highest BCUT2D eigenvalue weighted by Crippen LogP contribution is 2.43. The Morgan fingerprint density at radius 3 is 1.11 bits per heavy atom. The van der Waals surface area contributed by atoms with E-state index < -0.39 is 32.5 Å². The predicted octanol–water partition coefficient (Wildman–Crippen LogP) is 19.2. The van der Waals surface area contributed by atoms with Gasteiger partial charge in [-0.05, 0) is 109 Å². The summed E-state index contributed by atoms with van der Waals surface area (Å²) in [6.07, 6.45) is 82.6. The number of unbranched alkanes of at least 4 members (excludes halogenated alkanes) is 22. The van der Waals surface area contributed by atoms with Gasteiger partial charge < -0.3 is 20.1 Å². The molecule has 0 radical (unpaired) electrons. The van der Waals surface area contributed by atoms with Gasteiger partial charge in [-0.2, -0.15) is 0 Å². The van der Waals surface area contributed by atoms with E-state index in [0.717, 1.165) is 122 Å². The Morgan fingerprint density at radius 2 is 0.733 bits per heavy atom. The van der Waals surface area contributed by atoms with Crippen LogP contribution in [-0.2, 0) is 32.7 Å². The van der Waals surface area contributed by atoms with Gasteiger partial charge in [-0.3, -0.25) is 18.6 Å². The van der Waals surface area contributed by atoms with Crippen molar-refractivity contribution < 1.29 is 37.6 Å². The molecule has 10 heteroatoms. The molecule has 0 aliphatic heterocycles. The molecule has 0 spiro atoms. The van der Waals surface area contributed by atoms with Crippen molar-refractivity contribution >= 4 is 19.8 Å². The minimum absolute atomic E-state index is 0.0473. The SMILES string of the molecule is CC/C=C\C/C=C\C/C=C\C/C=C\C/C=C\C/C=C\C/C=C\C/C=C\C/C=C\CCCCCCCCCCCCCC(=O)OC(COC(=O)CCCCCCC/C=C\CCCCCCCC)COP(=O)(O)OCCN. The van der Waals surface area contributed by atoms with Crippen LogP contribution >= 0.6 is 7.82 Å². The maximum absolute atomic E-state index is 12.7. The van der Waals surface area contributed by atoms with Crippen LogP contribution in [0.25, 0.3) is 0 Å². The van der Waals surface area contributed by atoms with Gasteiger partial charge in [0.05, 0.1) is 13.2 Å². The van der Waals surface area contributed by atoms with Crippen LogP contribution in [0.5, 0.6) is 0 Å². The van der Waals surface area contributed by atoms with E-state index in [1.54, 1.807) is 0 Å². The van der Waals surface area contributed by atoms with Crippen LogP contribution in [0.3, 0.4) is 0 Å². The van der Waals surface area contributed by atoms with Crippen molar-refractivity contribution in [2.45, 2.75) is 251 Å². The van der Waals surface area contributed by atoms with Crippen molar-refractivity contribution in [1.29, 1.82) is 0 Å². The van der Waals surface area contributed by atoms with Crippen molar-refractivity contribution in [1.82, 2.24) is 0 Å². The smallest absolute Gasteiger partial charge is 0.462 e. The summed E-state index contributed by atoms with van der Waals surface area (Å²) in [4.78, 5) is 35.1. The molecule has 0 amide bonds. The molecule has 0 saturated carbocycles. The van der Waals surface area contributed by atoms with E-state index in [1.165, 1.54) is 89.9 Å². The summed E-state index contributed by atoms with van der Waals surface area (Å²) in [7, 11) is -4.39. The van der Waals surface area contributed by atoms with Crippen LogP contribution < -0.4 is 5.73 Å². The summed E-state index contributed by atoms with van der Waals surface area (Å²) in [6.45, 7) is 3.61. The molecule has 2 atom stereocenters. The van der Waals surface area contributed by atoms with Crippen molar-refractivity contribution in [2.24, 2.45) is 5.73 Å². The van der Waals surface area contributed by atoms with Crippen LogP contribution in [-0.4, -0.2) is 49.3 Å². The zero-order valence-corrected chi connectivity index (χ0v) is 48.6. The minimum Gasteiger partial charge on any atom is -0.462 e. The molecule has 0 aromatic carbocycles. The molecule has 9 nitrogen and oxygen atoms in total. The normalized spacial score (nSPS) is 13.9. The Bertz CT molecular complexity index is 1640. The molecular weight excluding hydrogens is 954 g/mol. The topological polar surface area (TPSA) is 134 Å². The third-order valence-corrected chi connectivity index (χ3v) is 13.3. The molecule has 2 unspecified atom stereocenters. The lowest BCUT2D eigenvalue weighted by Gasteiger charge is -2.19. The molecule has 0 aliphatic rings. The minimum atomic E-state index is -4.39. The Hall–Kier alpha value is -3.59. The molecule has 0 aromatic rings. The molecule has 0 fully saturated rings. The van der Waals surface area contributed by atoms with E-state index in [9.17, 15) is 19.0 Å². The number of nitrogens with two attached hydrogens (primary N) is 1. The maximum Gasteiger partial charge on any atom is 0.472 e. The average molecular weight is 1060 g/mol. The van der Waals surface area contributed by atoms with E-state index in [0.29, 0.717) is 6.42 Å². The molecular formula is C65H110NO8P. The average Bonchev–Trinajstić information content (AvgIpc) is 3.40. The molecule has 0 saturated heterocycles. The Labute approximate surface area is 460 Å². The number of phosphoric acid groups is 1. The summed E-state index contributed by atoms with van der Waals surface area (Å²) in [6, 6.07) is 0. The summed E-state index contributed by atoms with van der Waals surface area (Å²) in [5.74, 6) is -0.844. The van der Waals surface area contributed by atoms with Gasteiger partial charge in [0.1, 0.15) is 6.61 Å². The second-order valence-corrected chi connectivity index (χ2v) is 20.9. The van der Waals surface area contributed by atoms with Crippen molar-refractivity contribution in [2.75, 3.05) is 26.4 Å². The van der Waals surface area contributed by atoms with Gasteiger partial charge in [0.2, 0.25) is 0 Å². The molecule has 0 aliphatic carbocycles. The number of carbonyl (C=O) groups excluding carboxylic acids is 2. The van der Waals surface area contributed by atoms with Gasteiger partial charge in [-0.25, -0.2) is 4.57 Å². The first kappa shape index (κ1) is 71.4. The maximum atomic E-state index is 12.7. The van der Waals surface area contributed by atoms with Crippen LogP contribution in [0, 0.1) is 0 Å². The first-order chi connectivity index (χ1) is 36.8. The standard InChI is InChI=1S/C65H110NO8P/c1-3-5-7-9-11-13-15-17-19-20-21-22-23-24-25-26-27-28-29-30-31-32-33-34-35-36-37-38-39-40-41-42-44-46-48-50-52-54-56-58-65(68)74-63(62-73-75(69,70)72-60-59-66)61-71-64(67)57-55-53-51-49-47-45-43-18-16-14-12-10-8-6-4-2/h5,7,11,13,17-19,21-22,24-25,27-28,30-31,33-34,36-37,43,63H,3-4,6,8-10,12,14-16,20,23,26,29,32,35,38-42,44-62,66H2,1-2H3,(H,69,70)/b7-5-,13-11-,19-17-,22-21-,25-24-,28-27-,31-30-,34-33-,37-36-,43-18-. The molecule has 75 heavy (non-hydrogen) atoms. The number of carbonyl (C=O) groups is 2. The third kappa shape index (κ3) is 59.5. The zero-order valence-electron chi connectivity index (χ0n) is 47.7. The van der Waals surface area contributed by atoms with Crippen LogP contribution in [0.1, 0.15) is 245 Å². The fraction of sp³-hybridized carbons (Fsp3) is 0.662. The molecule has 3 N–H and O–H groups in total. The van der Waals surface area contributed by atoms with E-state index in [2.05, 4.69) is 135 Å². The largest absolute Gasteiger partial charge is 0.472 e. The third-order valence-electron chi connectivity index (χ3n) is 12.3. The van der Waals surface area contributed by atoms with Gasteiger partial charge in [0.15, 0.2) is 6.10 Å². The molecule has 0 bridgehead atoms. The van der Waals surface area contributed by atoms with Crippen molar-refractivity contribution in [3.63, 3.8) is 0 Å². The number of ether oxygens (including phenoxy) is 2. The molecule has 428 valence electrons. The second kappa shape index (κ2) is 59.7. The van der Waals surface area contributed by atoms with E-state index >= 15 is 0 Å². The second-order valence-electron chi connectivity index (χ2n) is 19.5. The first-order valence-electron chi connectivity index (χ1n) is 30.0. The van der Waals surface area contributed by atoms with Crippen LogP contribution in [0.15, 0.2) is 122 Å². The lowest BCUT2D eigenvalue weighted by Crippen LogP contribution is -2.29. The summed E-state index contributed by atoms with van der Waals surface area (Å²) < 4.78 is 33.0. The summed E-state index contributed by atoms with van der Waals surface area (Å²) in [5.41, 5.74) is 5.38. The van der Waals surface area contributed by atoms with Crippen LogP contribution in [0.2, 0.25) is 0 Å². The number of esters is 2. The Morgan fingerprint density at radius 1 is 0.413 bits per heavy atom. The van der Waals surface area contributed by atoms with Gasteiger partial charge in [-0.15, -0.1) is 0 Å². The number of hydrogen-bond donors (Lipinski definition) is 2. The predicted molar refractivity (Wildman–Crippen MR) is 321 cm³/mol. The number of rotatable bonds is 55. The summed E-state index contributed by atoms with van der Waals surface area (Å²) >= 11 is 0. The molecule has 0 heterocycles. The van der Waals surface area contributed by atoms with Gasteiger partial charge >= 0.3 is 19.8 Å². The quantitative estimate of drug-likeness (QED) is 0.0264. The Kier molecular flexibility index (Phi) is 56.8. The van der Waals surface area contributed by atoms with E-state index in [-0.39, 0.29) is 32.6 Å². The lowest BCUT2D eigenvalue weighted by molar-refractivity contribution is -0.161. The number of allylic oxidation sites excluding steroid dienone is 20. The zero-order chi connectivity index (χ0) is 54.5. The summed E-state index contributed by atoms with van der Waals surface area (Å²) in [5, 5.41) is 0. The molecule has 0 rings (SSSR count). The monoisotopic (exact) mass is 1060 g/mol. The van der Waals surface area contributed by atoms with Gasteiger partial charge in [-0.1, -0.05) is 245 Å². The highest BCUT2D eigenvalue weighted by Gasteiger charge is 2.26. The van der Waals surface area contributed by atoms with Gasteiger partial charge in [0.25, 0.3) is 0 Å². The highest BCUT2D eigenvalue weighted by molar-refractivity contribution is 7.47. The van der Waals surface area contributed by atoms with E-state index in [1.807, 2.05) is 0 Å². The van der Waals surface area contributed by atoms with Crippen molar-refractivity contribution in [3.8, 4) is 0 Å². The van der Waals surface area contributed by atoms with Crippen LogP contribution in [0.4, 0.5) is 0 Å².